The van der Waals surface area contributed by atoms with Gasteiger partial charge in [-0.3, -0.25) is 9.71 Å². The Bertz CT molecular complexity index is 348. The van der Waals surface area contributed by atoms with Crippen LogP contribution in [-0.2, 0) is 10.0 Å². The molecular formula is C8H12N2O2S. The van der Waals surface area contributed by atoms with E-state index < -0.39 is 10.0 Å². The summed E-state index contributed by atoms with van der Waals surface area (Å²) in [6.07, 6.45) is 3.68. The number of sulfonamides is 1. The number of hydrogen-bond acceptors (Lipinski definition) is 3. The lowest BCUT2D eigenvalue weighted by molar-refractivity contribution is 0.600. The minimum atomic E-state index is -3.17. The lowest BCUT2D eigenvalue weighted by Crippen LogP contribution is -2.15. The molecule has 1 heterocycles. The first-order chi connectivity index (χ1) is 6.14. The van der Waals surface area contributed by atoms with E-state index in [1.54, 1.807) is 18.3 Å². The van der Waals surface area contributed by atoms with Crippen LogP contribution in [0.25, 0.3) is 0 Å². The zero-order valence-electron chi connectivity index (χ0n) is 7.40. The molecule has 0 aliphatic heterocycles. The van der Waals surface area contributed by atoms with Crippen LogP contribution in [0.4, 0.5) is 5.69 Å². The molecule has 0 saturated carbocycles. The predicted molar refractivity (Wildman–Crippen MR) is 51.9 cm³/mol. The average molecular weight is 200 g/mol. The topological polar surface area (TPSA) is 59.1 Å². The minimum Gasteiger partial charge on any atom is -0.282 e. The first kappa shape index (κ1) is 9.98. The Kier molecular flexibility index (Phi) is 3.25. The first-order valence-corrected chi connectivity index (χ1v) is 5.70. The summed E-state index contributed by atoms with van der Waals surface area (Å²) in [5, 5.41) is 0. The summed E-state index contributed by atoms with van der Waals surface area (Å²) in [5.74, 6) is 0.141. The summed E-state index contributed by atoms with van der Waals surface area (Å²) >= 11 is 0. The number of aromatic nitrogens is 1. The minimum absolute atomic E-state index is 0.141. The van der Waals surface area contributed by atoms with Gasteiger partial charge in [0.2, 0.25) is 10.0 Å². The van der Waals surface area contributed by atoms with Crippen molar-refractivity contribution in [3.63, 3.8) is 0 Å². The number of nitrogens with one attached hydrogen (secondary N) is 1. The molecule has 0 fully saturated rings. The Balaban J connectivity index is 2.70. The molecule has 0 radical (unpaired) electrons. The van der Waals surface area contributed by atoms with E-state index >= 15 is 0 Å². The molecule has 1 N–H and O–H groups in total. The maximum absolute atomic E-state index is 11.3. The van der Waals surface area contributed by atoms with Gasteiger partial charge in [-0.1, -0.05) is 6.92 Å². The number of hydrogen-bond donors (Lipinski definition) is 1. The molecule has 0 atom stereocenters. The number of rotatable bonds is 4. The van der Waals surface area contributed by atoms with Crippen molar-refractivity contribution in [2.75, 3.05) is 10.5 Å². The molecule has 0 aliphatic carbocycles. The molecule has 0 amide bonds. The predicted octanol–water partition coefficient (Wildman–Crippen LogP) is 1.23. The molecule has 0 aromatic carbocycles. The lowest BCUT2D eigenvalue weighted by atomic mass is 10.4. The summed E-state index contributed by atoms with van der Waals surface area (Å²) in [7, 11) is -3.17. The molecule has 13 heavy (non-hydrogen) atoms. The van der Waals surface area contributed by atoms with Crippen molar-refractivity contribution in [1.82, 2.24) is 4.98 Å². The maximum Gasteiger partial charge on any atom is 0.232 e. The van der Waals surface area contributed by atoms with E-state index in [1.165, 1.54) is 6.20 Å². The quantitative estimate of drug-likeness (QED) is 0.795. The van der Waals surface area contributed by atoms with E-state index in [-0.39, 0.29) is 5.75 Å². The number of pyridine rings is 1. The van der Waals surface area contributed by atoms with Crippen LogP contribution in [-0.4, -0.2) is 19.2 Å². The second-order valence-corrected chi connectivity index (χ2v) is 4.50. The van der Waals surface area contributed by atoms with Crippen molar-refractivity contribution in [3.8, 4) is 0 Å². The Morgan fingerprint density at radius 1 is 1.54 bits per heavy atom. The van der Waals surface area contributed by atoms with Gasteiger partial charge in [0, 0.05) is 6.20 Å². The highest BCUT2D eigenvalue weighted by Crippen LogP contribution is 2.06. The molecule has 0 unspecified atom stereocenters. The van der Waals surface area contributed by atoms with Crippen molar-refractivity contribution in [2.45, 2.75) is 13.3 Å². The van der Waals surface area contributed by atoms with Crippen molar-refractivity contribution in [1.29, 1.82) is 0 Å². The third-order valence-corrected chi connectivity index (χ3v) is 2.90. The summed E-state index contributed by atoms with van der Waals surface area (Å²) < 4.78 is 25.0. The molecule has 0 bridgehead atoms. The van der Waals surface area contributed by atoms with Crippen LogP contribution >= 0.6 is 0 Å². The zero-order valence-corrected chi connectivity index (χ0v) is 8.21. The fourth-order valence-electron chi connectivity index (χ4n) is 0.922. The largest absolute Gasteiger partial charge is 0.282 e. The van der Waals surface area contributed by atoms with Crippen molar-refractivity contribution in [3.05, 3.63) is 24.5 Å². The number of nitrogens with zero attached hydrogens (tertiary/aromatic N) is 1. The molecule has 0 aliphatic rings. The molecule has 1 aromatic rings. The van der Waals surface area contributed by atoms with E-state index in [0.29, 0.717) is 12.1 Å². The van der Waals surface area contributed by atoms with E-state index in [4.69, 9.17) is 0 Å². The van der Waals surface area contributed by atoms with Gasteiger partial charge in [-0.2, -0.15) is 0 Å². The molecule has 0 spiro atoms. The highest BCUT2D eigenvalue weighted by molar-refractivity contribution is 7.92. The van der Waals surface area contributed by atoms with Gasteiger partial charge in [-0.15, -0.1) is 0 Å². The second kappa shape index (κ2) is 4.23. The van der Waals surface area contributed by atoms with Crippen molar-refractivity contribution >= 4 is 15.7 Å². The van der Waals surface area contributed by atoms with E-state index in [1.807, 2.05) is 6.92 Å². The van der Waals surface area contributed by atoms with Crippen LogP contribution in [0.3, 0.4) is 0 Å². The van der Waals surface area contributed by atoms with Gasteiger partial charge in [0.25, 0.3) is 0 Å². The maximum atomic E-state index is 11.3. The first-order valence-electron chi connectivity index (χ1n) is 4.04. The van der Waals surface area contributed by atoms with E-state index in [2.05, 4.69) is 9.71 Å². The van der Waals surface area contributed by atoms with Crippen LogP contribution in [0.5, 0.6) is 0 Å². The Morgan fingerprint density at radius 2 is 2.31 bits per heavy atom. The van der Waals surface area contributed by atoms with E-state index in [9.17, 15) is 8.42 Å². The van der Waals surface area contributed by atoms with E-state index in [0.717, 1.165) is 0 Å². The van der Waals surface area contributed by atoms with Gasteiger partial charge in [-0.25, -0.2) is 8.42 Å². The smallest absolute Gasteiger partial charge is 0.232 e. The van der Waals surface area contributed by atoms with Crippen molar-refractivity contribution < 1.29 is 8.42 Å². The Labute approximate surface area is 78.1 Å². The molecule has 1 rings (SSSR count). The van der Waals surface area contributed by atoms with Gasteiger partial charge in [0.1, 0.15) is 0 Å². The highest BCUT2D eigenvalue weighted by Gasteiger charge is 2.07. The zero-order chi connectivity index (χ0) is 9.73. The van der Waals surface area contributed by atoms with Crippen LogP contribution < -0.4 is 4.72 Å². The van der Waals surface area contributed by atoms with Crippen LogP contribution in [0, 0.1) is 0 Å². The third-order valence-electron chi connectivity index (χ3n) is 1.41. The summed E-state index contributed by atoms with van der Waals surface area (Å²) in [5.41, 5.74) is 0.510. The standard InChI is InChI=1S/C8H12N2O2S/c1-2-6-13(11,12)10-8-4-3-5-9-7-8/h3-5,7,10H,2,6H2,1H3. The molecule has 5 heteroatoms. The summed E-state index contributed by atoms with van der Waals surface area (Å²) in [6.45, 7) is 1.82. The highest BCUT2D eigenvalue weighted by atomic mass is 32.2. The van der Waals surface area contributed by atoms with Gasteiger partial charge in [-0.05, 0) is 18.6 Å². The molecule has 4 nitrogen and oxygen atoms in total. The lowest BCUT2D eigenvalue weighted by Gasteiger charge is -2.05. The average Bonchev–Trinajstić information content (AvgIpc) is 2.04. The van der Waals surface area contributed by atoms with Crippen LogP contribution in [0.2, 0.25) is 0 Å². The van der Waals surface area contributed by atoms with Gasteiger partial charge in [0.15, 0.2) is 0 Å². The van der Waals surface area contributed by atoms with Crippen LogP contribution in [0.15, 0.2) is 24.5 Å². The van der Waals surface area contributed by atoms with Gasteiger partial charge < -0.3 is 0 Å². The van der Waals surface area contributed by atoms with Gasteiger partial charge in [0.05, 0.1) is 17.6 Å². The molecule has 0 saturated heterocycles. The fraction of sp³-hybridized carbons (Fsp3) is 0.375. The third kappa shape index (κ3) is 3.42. The monoisotopic (exact) mass is 200 g/mol. The summed E-state index contributed by atoms with van der Waals surface area (Å²) in [6, 6.07) is 3.35. The Morgan fingerprint density at radius 3 is 2.85 bits per heavy atom. The number of anilines is 1. The van der Waals surface area contributed by atoms with Crippen molar-refractivity contribution in [2.24, 2.45) is 0 Å². The molecule has 72 valence electrons. The molecular weight excluding hydrogens is 188 g/mol. The summed E-state index contributed by atoms with van der Waals surface area (Å²) in [4.78, 5) is 3.80. The Hall–Kier alpha value is -1.10. The fourth-order valence-corrected chi connectivity index (χ4v) is 2.04. The normalized spacial score (nSPS) is 11.2. The van der Waals surface area contributed by atoms with Gasteiger partial charge >= 0.3 is 0 Å². The molecule has 1 aromatic heterocycles. The van der Waals surface area contributed by atoms with Crippen LogP contribution in [0.1, 0.15) is 13.3 Å². The second-order valence-electron chi connectivity index (χ2n) is 2.66. The SMILES string of the molecule is CCCS(=O)(=O)Nc1cccnc1.